The fourth-order valence-electron chi connectivity index (χ4n) is 0.518. The van der Waals surface area contributed by atoms with Gasteiger partial charge < -0.3 is 9.84 Å². The Labute approximate surface area is 52.0 Å². The molecule has 0 spiro atoms. The molecule has 0 radical (unpaired) electrons. The normalized spacial score (nSPS) is 34.4. The highest BCUT2D eigenvalue weighted by Crippen LogP contribution is 2.25. The van der Waals surface area contributed by atoms with Crippen molar-refractivity contribution in [2.75, 3.05) is 6.61 Å². The van der Waals surface area contributed by atoms with E-state index in [1.165, 1.54) is 0 Å². The van der Waals surface area contributed by atoms with Crippen molar-refractivity contribution in [1.82, 2.24) is 0 Å². The highest BCUT2D eigenvalue weighted by molar-refractivity contribution is 7.86. The Balaban J connectivity index is 2.53. The van der Waals surface area contributed by atoms with E-state index in [0.717, 1.165) is 0 Å². The summed E-state index contributed by atoms with van der Waals surface area (Å²) in [4.78, 5) is 0. The van der Waals surface area contributed by atoms with Crippen molar-refractivity contribution in [2.24, 2.45) is 0 Å². The lowest BCUT2D eigenvalue weighted by Gasteiger charge is -1.83. The average Bonchev–Trinajstić information content (AvgIpc) is 2.39. The molecule has 2 unspecified atom stereocenters. The van der Waals surface area contributed by atoms with E-state index in [4.69, 9.17) is 9.66 Å². The van der Waals surface area contributed by atoms with Gasteiger partial charge in [0.2, 0.25) is 5.44 Å². The molecule has 0 aliphatic carbocycles. The van der Waals surface area contributed by atoms with Gasteiger partial charge in [-0.3, -0.25) is 4.55 Å². The molecule has 0 amide bonds. The van der Waals surface area contributed by atoms with Crippen molar-refractivity contribution in [2.45, 2.75) is 11.5 Å². The van der Waals surface area contributed by atoms with Crippen molar-refractivity contribution < 1.29 is 22.8 Å². The van der Waals surface area contributed by atoms with E-state index in [1.807, 2.05) is 0 Å². The van der Waals surface area contributed by atoms with Crippen molar-refractivity contribution in [3.8, 4) is 0 Å². The van der Waals surface area contributed by atoms with Gasteiger partial charge in [0.1, 0.15) is 6.10 Å². The Kier molecular flexibility index (Phi) is 1.47. The van der Waals surface area contributed by atoms with Crippen LogP contribution in [-0.2, 0) is 14.9 Å². The molecule has 0 bridgehead atoms. The average molecular weight is 154 g/mol. The van der Waals surface area contributed by atoms with E-state index in [1.54, 1.807) is 0 Å². The van der Waals surface area contributed by atoms with E-state index < -0.39 is 21.7 Å². The molecule has 54 valence electrons. The van der Waals surface area contributed by atoms with Crippen LogP contribution in [0, 0.1) is 0 Å². The Hall–Kier alpha value is -0.170. The summed E-state index contributed by atoms with van der Waals surface area (Å²) in [6.45, 7) is -0.371. The first-order valence-corrected chi connectivity index (χ1v) is 3.78. The highest BCUT2D eigenvalue weighted by atomic mass is 32.2. The zero-order chi connectivity index (χ0) is 7.07. The lowest BCUT2D eigenvalue weighted by molar-refractivity contribution is 0.243. The summed E-state index contributed by atoms with van der Waals surface area (Å²) in [6.07, 6.45) is -0.722. The smallest absolute Gasteiger partial charge is 0.295 e. The third-order valence-electron chi connectivity index (χ3n) is 1.01. The number of rotatable bonds is 2. The molecule has 1 heterocycles. The van der Waals surface area contributed by atoms with Crippen LogP contribution in [0.25, 0.3) is 0 Å². The second-order valence-electron chi connectivity index (χ2n) is 1.74. The first kappa shape index (κ1) is 6.94. The third kappa shape index (κ3) is 1.39. The number of aliphatic hydroxyl groups is 1. The SMILES string of the molecule is O=S(=O)(O)C1OC1CO. The number of epoxide rings is 1. The number of ether oxygens (including phenoxy) is 1. The molecule has 2 N–H and O–H groups in total. The maximum absolute atomic E-state index is 10.1. The van der Waals surface area contributed by atoms with Crippen molar-refractivity contribution in [3.63, 3.8) is 0 Å². The van der Waals surface area contributed by atoms with Crippen LogP contribution in [0.1, 0.15) is 0 Å². The van der Waals surface area contributed by atoms with E-state index in [0.29, 0.717) is 0 Å². The minimum atomic E-state index is -4.07. The summed E-state index contributed by atoms with van der Waals surface area (Å²) >= 11 is 0. The van der Waals surface area contributed by atoms with Crippen LogP contribution in [0.3, 0.4) is 0 Å². The molecular formula is C3H6O5S. The highest BCUT2D eigenvalue weighted by Gasteiger charge is 2.48. The van der Waals surface area contributed by atoms with Crippen molar-refractivity contribution in [1.29, 1.82) is 0 Å². The van der Waals surface area contributed by atoms with Gasteiger partial charge in [-0.15, -0.1) is 0 Å². The van der Waals surface area contributed by atoms with E-state index in [2.05, 4.69) is 4.74 Å². The minimum absolute atomic E-state index is 0.371. The predicted molar refractivity (Wildman–Crippen MR) is 27.3 cm³/mol. The van der Waals surface area contributed by atoms with E-state index >= 15 is 0 Å². The monoisotopic (exact) mass is 154 g/mol. The van der Waals surface area contributed by atoms with Crippen molar-refractivity contribution >= 4 is 10.1 Å². The third-order valence-corrected chi connectivity index (χ3v) is 2.01. The van der Waals surface area contributed by atoms with E-state index in [-0.39, 0.29) is 6.61 Å². The van der Waals surface area contributed by atoms with Crippen LogP contribution < -0.4 is 0 Å². The Morgan fingerprint density at radius 3 is 2.22 bits per heavy atom. The van der Waals surface area contributed by atoms with Gasteiger partial charge >= 0.3 is 0 Å². The van der Waals surface area contributed by atoms with Crippen LogP contribution in [0.15, 0.2) is 0 Å². The first-order valence-electron chi connectivity index (χ1n) is 2.28. The quantitative estimate of drug-likeness (QED) is 0.377. The number of hydrogen-bond acceptors (Lipinski definition) is 4. The fraction of sp³-hybridized carbons (Fsp3) is 1.00. The predicted octanol–water partition coefficient (Wildman–Crippen LogP) is -1.41. The molecule has 0 saturated carbocycles. The summed E-state index contributed by atoms with van der Waals surface area (Å²) in [5.74, 6) is 0. The van der Waals surface area contributed by atoms with Crippen LogP contribution in [0.5, 0.6) is 0 Å². The molecule has 2 atom stereocenters. The summed E-state index contributed by atoms with van der Waals surface area (Å²) in [5, 5.41) is 8.24. The van der Waals surface area contributed by atoms with Gasteiger partial charge in [-0.25, -0.2) is 0 Å². The molecule has 1 aliphatic heterocycles. The van der Waals surface area contributed by atoms with Crippen LogP contribution >= 0.6 is 0 Å². The lowest BCUT2D eigenvalue weighted by atomic mass is 10.5. The summed E-state index contributed by atoms with van der Waals surface area (Å²) in [6, 6.07) is 0. The topological polar surface area (TPSA) is 87.1 Å². The summed E-state index contributed by atoms with van der Waals surface area (Å²) < 4.78 is 32.7. The standard InChI is InChI=1S/C3H6O5S/c4-1-2-3(8-2)9(5,6)7/h2-4H,1H2,(H,5,6,7). The van der Waals surface area contributed by atoms with Gasteiger partial charge in [0.15, 0.2) is 0 Å². The first-order chi connectivity index (χ1) is 4.05. The van der Waals surface area contributed by atoms with Crippen molar-refractivity contribution in [3.05, 3.63) is 0 Å². The maximum Gasteiger partial charge on any atom is 0.295 e. The molecule has 0 aromatic carbocycles. The van der Waals surface area contributed by atoms with Crippen LogP contribution in [0.2, 0.25) is 0 Å². The fourth-order valence-corrected chi connectivity index (χ4v) is 1.27. The minimum Gasteiger partial charge on any atom is -0.394 e. The molecular weight excluding hydrogens is 148 g/mol. The molecule has 1 aliphatic rings. The van der Waals surface area contributed by atoms with Gasteiger partial charge in [-0.05, 0) is 0 Å². The van der Waals surface area contributed by atoms with Gasteiger partial charge in [0.25, 0.3) is 10.1 Å². The molecule has 0 aromatic heterocycles. The van der Waals surface area contributed by atoms with Gasteiger partial charge in [-0.1, -0.05) is 0 Å². The number of aliphatic hydroxyl groups excluding tert-OH is 1. The largest absolute Gasteiger partial charge is 0.394 e. The molecule has 1 fully saturated rings. The zero-order valence-electron chi connectivity index (χ0n) is 4.39. The summed E-state index contributed by atoms with van der Waals surface area (Å²) in [5.41, 5.74) is -1.19. The summed E-state index contributed by atoms with van der Waals surface area (Å²) in [7, 11) is -4.07. The maximum atomic E-state index is 10.1. The molecule has 0 aromatic rings. The number of hydrogen-bond donors (Lipinski definition) is 2. The second kappa shape index (κ2) is 1.91. The second-order valence-corrected chi connectivity index (χ2v) is 3.24. The zero-order valence-corrected chi connectivity index (χ0v) is 5.21. The van der Waals surface area contributed by atoms with Gasteiger partial charge in [0, 0.05) is 0 Å². The molecule has 1 rings (SSSR count). The lowest BCUT2D eigenvalue weighted by Crippen LogP contribution is -2.10. The molecule has 5 nitrogen and oxygen atoms in total. The Morgan fingerprint density at radius 1 is 1.56 bits per heavy atom. The van der Waals surface area contributed by atoms with Crippen LogP contribution in [-0.4, -0.2) is 36.2 Å². The van der Waals surface area contributed by atoms with Crippen LogP contribution in [0.4, 0.5) is 0 Å². The van der Waals surface area contributed by atoms with Gasteiger partial charge in [0.05, 0.1) is 6.61 Å². The molecule has 1 saturated heterocycles. The van der Waals surface area contributed by atoms with E-state index in [9.17, 15) is 8.42 Å². The Morgan fingerprint density at radius 2 is 2.11 bits per heavy atom. The molecule has 6 heteroatoms. The van der Waals surface area contributed by atoms with Gasteiger partial charge in [-0.2, -0.15) is 8.42 Å². The molecule has 9 heavy (non-hydrogen) atoms. The Bertz CT molecular complexity index is 194.